The van der Waals surface area contributed by atoms with E-state index in [2.05, 4.69) is 13.0 Å². The van der Waals surface area contributed by atoms with E-state index < -0.39 is 30.4 Å². The summed E-state index contributed by atoms with van der Waals surface area (Å²) in [5.41, 5.74) is 6.08. The molecule has 0 aromatic heterocycles. The maximum Gasteiger partial charge on any atom is 0.331 e. The third kappa shape index (κ3) is 8.41. The van der Waals surface area contributed by atoms with E-state index in [1.54, 1.807) is 26.2 Å². The van der Waals surface area contributed by atoms with Crippen LogP contribution >= 0.6 is 0 Å². The first-order chi connectivity index (χ1) is 15.9. The number of rotatable bonds is 11. The first-order valence-corrected chi connectivity index (χ1v) is 11.0. The molecule has 34 heavy (non-hydrogen) atoms. The molecule has 0 unspecified atom stereocenters. The van der Waals surface area contributed by atoms with Gasteiger partial charge in [0.05, 0.1) is 13.2 Å². The Morgan fingerprint density at radius 3 is 2.21 bits per heavy atom. The van der Waals surface area contributed by atoms with Crippen molar-refractivity contribution in [2.45, 2.75) is 66.0 Å². The van der Waals surface area contributed by atoms with E-state index >= 15 is 0 Å². The fourth-order valence-electron chi connectivity index (χ4n) is 3.22. The molecule has 0 radical (unpaired) electrons. The predicted octanol–water partition coefficient (Wildman–Crippen LogP) is 3.30. The average molecular weight is 473 g/mol. The van der Waals surface area contributed by atoms with Gasteiger partial charge < -0.3 is 24.8 Å². The molecule has 3 N–H and O–H groups in total. The summed E-state index contributed by atoms with van der Waals surface area (Å²) in [6.07, 6.45) is 4.56. The molecular weight excluding hydrogens is 436 g/mol. The normalized spacial score (nSPS) is 16.4. The van der Waals surface area contributed by atoms with Gasteiger partial charge in [-0.1, -0.05) is 36.0 Å². The van der Waals surface area contributed by atoms with Crippen molar-refractivity contribution in [2.75, 3.05) is 7.11 Å². The van der Waals surface area contributed by atoms with Crippen LogP contribution < -0.4 is 4.74 Å². The van der Waals surface area contributed by atoms with Crippen LogP contribution in [-0.4, -0.2) is 59.1 Å². The number of hydrogen-bond donors (Lipinski definition) is 3. The molecule has 0 saturated carbocycles. The van der Waals surface area contributed by atoms with E-state index in [9.17, 15) is 24.9 Å². The van der Waals surface area contributed by atoms with Crippen molar-refractivity contribution < 1.29 is 34.4 Å². The molecule has 0 saturated heterocycles. The zero-order chi connectivity index (χ0) is 26.0. The largest absolute Gasteiger partial charge is 0.496 e. The molecule has 0 bridgehead atoms. The van der Waals surface area contributed by atoms with Crippen LogP contribution in [0.3, 0.4) is 0 Å². The number of hydrogen-bond acceptors (Lipinski definition) is 7. The molecule has 1 aromatic rings. The highest BCUT2D eigenvalue weighted by Gasteiger charge is 2.31. The molecule has 1 rings (SSSR count). The second kappa shape index (κ2) is 13.6. The van der Waals surface area contributed by atoms with Crippen molar-refractivity contribution in [1.29, 1.82) is 0 Å². The van der Waals surface area contributed by atoms with Crippen molar-refractivity contribution >= 4 is 18.3 Å². The van der Waals surface area contributed by atoms with Gasteiger partial charge in [0.15, 0.2) is 12.4 Å². The Kier molecular flexibility index (Phi) is 11.7. The van der Waals surface area contributed by atoms with Gasteiger partial charge in [0.1, 0.15) is 18.0 Å². The van der Waals surface area contributed by atoms with E-state index in [0.29, 0.717) is 5.57 Å². The predicted molar refractivity (Wildman–Crippen MR) is 133 cm³/mol. The molecule has 0 aliphatic carbocycles. The van der Waals surface area contributed by atoms with Crippen LogP contribution in [0.4, 0.5) is 0 Å². The van der Waals surface area contributed by atoms with Crippen LogP contribution in [0.15, 0.2) is 47.6 Å². The Balaban J connectivity index is 2.84. The highest BCUT2D eigenvalue weighted by atomic mass is 16.6. The second-order valence-corrected chi connectivity index (χ2v) is 8.31. The third-order valence-electron chi connectivity index (χ3n) is 5.47. The molecule has 0 aliphatic rings. The number of benzene rings is 1. The average Bonchev–Trinajstić information content (AvgIpc) is 2.78. The molecular formula is C27H36O7. The maximum atomic E-state index is 12.0. The molecule has 0 heterocycles. The van der Waals surface area contributed by atoms with Crippen LogP contribution in [0.1, 0.15) is 43.0 Å². The first-order valence-electron chi connectivity index (χ1n) is 11.0. The minimum absolute atomic E-state index is 0.208. The first kappa shape index (κ1) is 29.0. The van der Waals surface area contributed by atoms with Gasteiger partial charge in [-0.15, -0.1) is 0 Å². The number of carbonyl (C=O) groups is 2. The monoisotopic (exact) mass is 472 g/mol. The summed E-state index contributed by atoms with van der Waals surface area (Å²) >= 11 is 0. The SMILES string of the molecule is COc1cc(C)c(C=CC(C)=CC=CC(C)=CC(=O)O[C@@H](C=O)[C@H](O)[C@@H](O)[C@H](C)O)c(C)c1C. The van der Waals surface area contributed by atoms with Gasteiger partial charge in [-0.05, 0) is 75.4 Å². The van der Waals surface area contributed by atoms with Crippen molar-refractivity contribution in [3.05, 3.63) is 69.8 Å². The summed E-state index contributed by atoms with van der Waals surface area (Å²) in [7, 11) is 1.66. The van der Waals surface area contributed by atoms with Gasteiger partial charge in [0, 0.05) is 6.08 Å². The summed E-state index contributed by atoms with van der Waals surface area (Å²) in [6, 6.07) is 2.02. The number of carbonyl (C=O) groups excluding carboxylic acids is 2. The minimum atomic E-state index is -1.73. The lowest BCUT2D eigenvalue weighted by Crippen LogP contribution is -2.45. The topological polar surface area (TPSA) is 113 Å². The molecule has 4 atom stereocenters. The number of allylic oxidation sites excluding steroid dienone is 6. The smallest absolute Gasteiger partial charge is 0.331 e. The lowest BCUT2D eigenvalue weighted by Gasteiger charge is -2.24. The lowest BCUT2D eigenvalue weighted by atomic mass is 9.96. The van der Waals surface area contributed by atoms with Gasteiger partial charge in [-0.25, -0.2) is 4.79 Å². The van der Waals surface area contributed by atoms with Crippen LogP contribution in [0.25, 0.3) is 6.08 Å². The van der Waals surface area contributed by atoms with Crippen LogP contribution in [0.2, 0.25) is 0 Å². The van der Waals surface area contributed by atoms with E-state index in [-0.39, 0.29) is 6.29 Å². The zero-order valence-corrected chi connectivity index (χ0v) is 20.9. The van der Waals surface area contributed by atoms with E-state index in [4.69, 9.17) is 9.47 Å². The second-order valence-electron chi connectivity index (χ2n) is 8.31. The Morgan fingerprint density at radius 1 is 1.00 bits per heavy atom. The third-order valence-corrected chi connectivity index (χ3v) is 5.47. The van der Waals surface area contributed by atoms with Gasteiger partial charge >= 0.3 is 5.97 Å². The molecule has 0 amide bonds. The number of methoxy groups -OCH3 is 1. The van der Waals surface area contributed by atoms with Crippen LogP contribution in [-0.2, 0) is 14.3 Å². The number of aryl methyl sites for hydroxylation is 1. The maximum absolute atomic E-state index is 12.0. The minimum Gasteiger partial charge on any atom is -0.496 e. The van der Waals surface area contributed by atoms with Gasteiger partial charge in [-0.2, -0.15) is 0 Å². The fourth-order valence-corrected chi connectivity index (χ4v) is 3.22. The lowest BCUT2D eigenvalue weighted by molar-refractivity contribution is -0.161. The number of aliphatic hydroxyl groups excluding tert-OH is 3. The van der Waals surface area contributed by atoms with Gasteiger partial charge in [0.25, 0.3) is 0 Å². The van der Waals surface area contributed by atoms with Crippen LogP contribution in [0.5, 0.6) is 5.75 Å². The molecule has 0 fully saturated rings. The van der Waals surface area contributed by atoms with Crippen molar-refractivity contribution in [1.82, 2.24) is 0 Å². The Bertz CT molecular complexity index is 983. The standard InChI is InChI=1S/C27H36O7/c1-16(11-12-22-18(3)14-23(33-7)20(5)19(22)4)9-8-10-17(2)13-25(30)34-24(15-28)27(32)26(31)21(6)29/h8-15,21,24,26-27,29,31-32H,1-7H3/t21-,24-,26-,27-/m0/s1. The van der Waals surface area contributed by atoms with E-state index in [1.165, 1.54) is 13.0 Å². The molecule has 0 spiro atoms. The van der Waals surface area contributed by atoms with Crippen molar-refractivity contribution in [3.63, 3.8) is 0 Å². The molecule has 7 nitrogen and oxygen atoms in total. The Labute approximate surface area is 201 Å². The van der Waals surface area contributed by atoms with Crippen LogP contribution in [0, 0.1) is 20.8 Å². The molecule has 0 aliphatic heterocycles. The number of aliphatic hydroxyl groups is 3. The number of aldehydes is 1. The quantitative estimate of drug-likeness (QED) is 0.196. The van der Waals surface area contributed by atoms with E-state index in [0.717, 1.165) is 33.6 Å². The van der Waals surface area contributed by atoms with Gasteiger partial charge in [-0.3, -0.25) is 4.79 Å². The zero-order valence-electron chi connectivity index (χ0n) is 20.9. The summed E-state index contributed by atoms with van der Waals surface area (Å²) in [6.45, 7) is 11.0. The van der Waals surface area contributed by atoms with Gasteiger partial charge in [0.2, 0.25) is 0 Å². The molecule has 1 aromatic carbocycles. The summed E-state index contributed by atoms with van der Waals surface area (Å²) < 4.78 is 10.3. The van der Waals surface area contributed by atoms with Crippen molar-refractivity contribution in [3.8, 4) is 5.75 Å². The number of esters is 1. The summed E-state index contributed by atoms with van der Waals surface area (Å²) in [5, 5.41) is 28.8. The fraction of sp³-hybridized carbons (Fsp3) is 0.407. The van der Waals surface area contributed by atoms with Crippen molar-refractivity contribution in [2.24, 2.45) is 0 Å². The summed E-state index contributed by atoms with van der Waals surface area (Å²) in [5.74, 6) is 0.0220. The molecule has 186 valence electrons. The highest BCUT2D eigenvalue weighted by Crippen LogP contribution is 2.28. The Hall–Kier alpha value is -3.00. The summed E-state index contributed by atoms with van der Waals surface area (Å²) in [4.78, 5) is 23.1. The Morgan fingerprint density at radius 2 is 1.65 bits per heavy atom. The van der Waals surface area contributed by atoms with E-state index in [1.807, 2.05) is 39.0 Å². The highest BCUT2D eigenvalue weighted by molar-refractivity contribution is 5.84. The number of ether oxygens (including phenoxy) is 2. The molecule has 7 heteroatoms.